The maximum absolute atomic E-state index is 13.1. The molecule has 2 heterocycles. The van der Waals surface area contributed by atoms with Gasteiger partial charge in [0.2, 0.25) is 5.91 Å². The van der Waals surface area contributed by atoms with Crippen molar-refractivity contribution in [3.8, 4) is 5.75 Å². The summed E-state index contributed by atoms with van der Waals surface area (Å²) >= 11 is 0. The van der Waals surface area contributed by atoms with Crippen LogP contribution in [0.5, 0.6) is 5.75 Å². The molecule has 0 saturated carbocycles. The smallest absolute Gasteiger partial charge is 0.387 e. The number of nitrogens with one attached hydrogen (secondary N) is 1. The Morgan fingerprint density at radius 3 is 2.55 bits per heavy atom. The molecule has 7 nitrogen and oxygen atoms in total. The topological polar surface area (TPSA) is 79.0 Å². The average Bonchev–Trinajstić information content (AvgIpc) is 3.16. The van der Waals surface area contributed by atoms with Crippen molar-refractivity contribution >= 4 is 23.5 Å². The van der Waals surface area contributed by atoms with E-state index in [0.29, 0.717) is 12.0 Å². The molecule has 1 N–H and O–H groups in total. The number of imide groups is 1. The molecule has 4 amide bonds. The predicted molar refractivity (Wildman–Crippen MR) is 108 cm³/mol. The first-order chi connectivity index (χ1) is 14.7. The lowest BCUT2D eigenvalue weighted by atomic mass is 9.92. The molecule has 2 aliphatic heterocycles. The Kier molecular flexibility index (Phi) is 5.12. The first-order valence-corrected chi connectivity index (χ1v) is 9.80. The zero-order valence-electron chi connectivity index (χ0n) is 17.0. The van der Waals surface area contributed by atoms with Crippen LogP contribution in [0, 0.1) is 0 Å². The van der Waals surface area contributed by atoms with E-state index in [-0.39, 0.29) is 17.7 Å². The molecule has 31 heavy (non-hydrogen) atoms. The van der Waals surface area contributed by atoms with Crippen molar-refractivity contribution in [3.05, 3.63) is 59.7 Å². The van der Waals surface area contributed by atoms with Crippen LogP contribution in [-0.4, -0.2) is 41.9 Å². The standard InChI is InChI=1S/C22H21F2N3O4/c1-13-11-14-5-3-4-6-17(14)27(13)18(28)12-26-19(29)22(2,25-21(26)30)15-7-9-16(10-8-15)31-20(23)24/h3-10,13,20H,11-12H2,1-2H3,(H,25,30)/t13-,22-/m1/s1. The quantitative estimate of drug-likeness (QED) is 0.741. The average molecular weight is 429 g/mol. The highest BCUT2D eigenvalue weighted by atomic mass is 19.3. The highest BCUT2D eigenvalue weighted by Gasteiger charge is 2.50. The first kappa shape index (κ1) is 20.8. The van der Waals surface area contributed by atoms with Crippen LogP contribution in [-0.2, 0) is 21.5 Å². The van der Waals surface area contributed by atoms with Gasteiger partial charge >= 0.3 is 12.6 Å². The minimum Gasteiger partial charge on any atom is -0.435 e. The van der Waals surface area contributed by atoms with Crippen molar-refractivity contribution in [1.29, 1.82) is 0 Å². The molecule has 9 heteroatoms. The van der Waals surface area contributed by atoms with Crippen molar-refractivity contribution in [1.82, 2.24) is 10.2 Å². The summed E-state index contributed by atoms with van der Waals surface area (Å²) < 4.78 is 29.0. The molecule has 0 radical (unpaired) electrons. The zero-order valence-corrected chi connectivity index (χ0v) is 17.0. The van der Waals surface area contributed by atoms with E-state index in [4.69, 9.17) is 0 Å². The lowest BCUT2D eigenvalue weighted by Crippen LogP contribution is -2.46. The van der Waals surface area contributed by atoms with Crippen LogP contribution in [0.3, 0.4) is 0 Å². The Morgan fingerprint density at radius 2 is 1.87 bits per heavy atom. The Morgan fingerprint density at radius 1 is 1.19 bits per heavy atom. The third-order valence-corrected chi connectivity index (χ3v) is 5.70. The molecule has 0 aliphatic carbocycles. The molecule has 0 bridgehead atoms. The molecule has 2 aliphatic rings. The Balaban J connectivity index is 1.53. The number of nitrogens with zero attached hydrogens (tertiary/aromatic N) is 2. The molecule has 0 unspecified atom stereocenters. The number of para-hydroxylation sites is 1. The molecule has 2 aromatic rings. The van der Waals surface area contributed by atoms with Gasteiger partial charge < -0.3 is 15.0 Å². The van der Waals surface area contributed by atoms with E-state index in [1.807, 2.05) is 31.2 Å². The number of amides is 4. The normalized spacial score (nSPS) is 22.7. The molecule has 0 aromatic heterocycles. The highest BCUT2D eigenvalue weighted by molar-refractivity contribution is 6.10. The van der Waals surface area contributed by atoms with E-state index in [1.165, 1.54) is 31.2 Å². The minimum atomic E-state index is -2.96. The van der Waals surface area contributed by atoms with Crippen LogP contribution in [0.1, 0.15) is 25.0 Å². The van der Waals surface area contributed by atoms with Crippen molar-refractivity contribution in [2.75, 3.05) is 11.4 Å². The summed E-state index contributed by atoms with van der Waals surface area (Å²) in [5.41, 5.74) is 0.790. The number of benzene rings is 2. The molecule has 1 saturated heterocycles. The summed E-state index contributed by atoms with van der Waals surface area (Å²) in [6.45, 7) is 0.0607. The number of carbonyl (C=O) groups is 3. The molecular formula is C22H21F2N3O4. The molecular weight excluding hydrogens is 408 g/mol. The number of fused-ring (bicyclic) bond motifs is 1. The van der Waals surface area contributed by atoms with Gasteiger partial charge in [0, 0.05) is 11.7 Å². The number of rotatable bonds is 5. The second-order valence-electron chi connectivity index (χ2n) is 7.79. The first-order valence-electron chi connectivity index (χ1n) is 9.80. The van der Waals surface area contributed by atoms with Gasteiger partial charge in [-0.05, 0) is 49.6 Å². The minimum absolute atomic E-state index is 0.0622. The summed E-state index contributed by atoms with van der Waals surface area (Å²) in [6, 6.07) is 12.2. The van der Waals surface area contributed by atoms with Gasteiger partial charge in [-0.15, -0.1) is 0 Å². The van der Waals surface area contributed by atoms with E-state index >= 15 is 0 Å². The number of urea groups is 1. The van der Waals surface area contributed by atoms with Gasteiger partial charge in [-0.25, -0.2) is 4.79 Å². The Bertz CT molecular complexity index is 1040. The van der Waals surface area contributed by atoms with E-state index in [1.54, 1.807) is 4.90 Å². The van der Waals surface area contributed by atoms with Gasteiger partial charge in [-0.3, -0.25) is 14.5 Å². The van der Waals surface area contributed by atoms with E-state index in [2.05, 4.69) is 10.1 Å². The maximum atomic E-state index is 13.1. The zero-order chi connectivity index (χ0) is 22.3. The Labute approximate surface area is 177 Å². The summed E-state index contributed by atoms with van der Waals surface area (Å²) in [4.78, 5) is 41.2. The SMILES string of the molecule is C[C@@H]1Cc2ccccc2N1C(=O)CN1C(=O)N[C@](C)(c2ccc(OC(F)F)cc2)C1=O. The van der Waals surface area contributed by atoms with Crippen LogP contribution >= 0.6 is 0 Å². The fraction of sp³-hybridized carbons (Fsp3) is 0.318. The van der Waals surface area contributed by atoms with Gasteiger partial charge in [0.15, 0.2) is 0 Å². The largest absolute Gasteiger partial charge is 0.435 e. The highest BCUT2D eigenvalue weighted by Crippen LogP contribution is 2.33. The van der Waals surface area contributed by atoms with Crippen LogP contribution in [0.2, 0.25) is 0 Å². The fourth-order valence-corrected chi connectivity index (χ4v) is 4.16. The van der Waals surface area contributed by atoms with Crippen molar-refractivity contribution in [2.45, 2.75) is 38.5 Å². The van der Waals surface area contributed by atoms with Gasteiger partial charge in [0.25, 0.3) is 5.91 Å². The Hall–Kier alpha value is -3.49. The molecule has 1 fully saturated rings. The summed E-state index contributed by atoms with van der Waals surface area (Å²) in [7, 11) is 0. The lowest BCUT2D eigenvalue weighted by Gasteiger charge is -2.25. The van der Waals surface area contributed by atoms with Crippen molar-refractivity contribution in [3.63, 3.8) is 0 Å². The molecule has 2 aromatic carbocycles. The summed E-state index contributed by atoms with van der Waals surface area (Å²) in [5, 5.41) is 2.61. The number of anilines is 1. The molecule has 4 rings (SSSR count). The second-order valence-corrected chi connectivity index (χ2v) is 7.79. The summed E-state index contributed by atoms with van der Waals surface area (Å²) in [5.74, 6) is -1.01. The van der Waals surface area contributed by atoms with Gasteiger partial charge in [-0.1, -0.05) is 30.3 Å². The van der Waals surface area contributed by atoms with Crippen LogP contribution in [0.15, 0.2) is 48.5 Å². The molecule has 0 spiro atoms. The van der Waals surface area contributed by atoms with E-state index < -0.39 is 30.6 Å². The number of hydrogen-bond acceptors (Lipinski definition) is 4. The maximum Gasteiger partial charge on any atom is 0.387 e. The van der Waals surface area contributed by atoms with Crippen molar-refractivity contribution < 1.29 is 27.9 Å². The van der Waals surface area contributed by atoms with Crippen LogP contribution < -0.4 is 15.0 Å². The van der Waals surface area contributed by atoms with E-state index in [9.17, 15) is 23.2 Å². The molecule has 162 valence electrons. The summed E-state index contributed by atoms with van der Waals surface area (Å²) in [6.07, 6.45) is 0.701. The number of halogens is 2. The second kappa shape index (κ2) is 7.64. The van der Waals surface area contributed by atoms with Crippen molar-refractivity contribution in [2.24, 2.45) is 0 Å². The predicted octanol–water partition coefficient (Wildman–Crippen LogP) is 3.03. The van der Waals surface area contributed by atoms with Gasteiger partial charge in [-0.2, -0.15) is 8.78 Å². The third-order valence-electron chi connectivity index (χ3n) is 5.70. The number of alkyl halides is 2. The number of hydrogen-bond donors (Lipinski definition) is 1. The number of carbonyl (C=O) groups excluding carboxylic acids is 3. The van der Waals surface area contributed by atoms with Gasteiger partial charge in [0.1, 0.15) is 17.8 Å². The lowest BCUT2D eigenvalue weighted by molar-refractivity contribution is -0.134. The van der Waals surface area contributed by atoms with Gasteiger partial charge in [0.05, 0.1) is 0 Å². The monoisotopic (exact) mass is 429 g/mol. The fourth-order valence-electron chi connectivity index (χ4n) is 4.16. The van der Waals surface area contributed by atoms with Crippen LogP contribution in [0.4, 0.5) is 19.3 Å². The van der Waals surface area contributed by atoms with Crippen LogP contribution in [0.25, 0.3) is 0 Å². The molecule has 2 atom stereocenters. The third kappa shape index (κ3) is 3.60. The van der Waals surface area contributed by atoms with E-state index in [0.717, 1.165) is 16.2 Å². The number of ether oxygens (including phenoxy) is 1.